The van der Waals surface area contributed by atoms with Gasteiger partial charge in [-0.3, -0.25) is 25.2 Å². The molecule has 0 aliphatic carbocycles. The number of thiazole rings is 1. The van der Waals surface area contributed by atoms with Crippen molar-refractivity contribution in [2.24, 2.45) is 0 Å². The first kappa shape index (κ1) is 21.2. The van der Waals surface area contributed by atoms with Gasteiger partial charge in [0.05, 0.1) is 26.7 Å². The van der Waals surface area contributed by atoms with Crippen LogP contribution in [0.15, 0.2) is 46.6 Å². The van der Waals surface area contributed by atoms with Gasteiger partial charge >= 0.3 is 0 Å². The number of hydrazine groups is 1. The predicted octanol–water partition coefficient (Wildman–Crippen LogP) is 3.26. The third-order valence-corrected chi connectivity index (χ3v) is 6.67. The van der Waals surface area contributed by atoms with Gasteiger partial charge in [0.25, 0.3) is 11.5 Å². The van der Waals surface area contributed by atoms with Gasteiger partial charge in [0.1, 0.15) is 5.01 Å². The van der Waals surface area contributed by atoms with Crippen LogP contribution in [-0.2, 0) is 17.8 Å². The zero-order valence-corrected chi connectivity index (χ0v) is 18.6. The molecule has 3 heterocycles. The molecule has 4 rings (SSSR count). The fourth-order valence-corrected chi connectivity index (χ4v) is 4.88. The molecule has 0 spiro atoms. The molecule has 158 valence electrons. The largest absolute Gasteiger partial charge is 0.290 e. The van der Waals surface area contributed by atoms with Crippen molar-refractivity contribution in [3.8, 4) is 9.88 Å². The fraction of sp³-hybridized carbons (Fsp3) is 0.150. The summed E-state index contributed by atoms with van der Waals surface area (Å²) in [6.45, 7) is 2.08. The van der Waals surface area contributed by atoms with Crippen molar-refractivity contribution in [1.82, 2.24) is 25.6 Å². The monoisotopic (exact) mass is 473 g/mol. The maximum atomic E-state index is 12.7. The average molecular weight is 474 g/mol. The Bertz CT molecular complexity index is 1340. The number of thiophene rings is 1. The van der Waals surface area contributed by atoms with E-state index < -0.39 is 11.8 Å². The molecule has 4 aromatic rings. The van der Waals surface area contributed by atoms with Gasteiger partial charge in [0, 0.05) is 17.3 Å². The number of benzene rings is 1. The highest BCUT2D eigenvalue weighted by Gasteiger charge is 2.17. The normalized spacial score (nSPS) is 10.9. The molecule has 1 aromatic carbocycles. The lowest BCUT2D eigenvalue weighted by molar-refractivity contribution is -0.121. The zero-order valence-electron chi connectivity index (χ0n) is 16.2. The van der Waals surface area contributed by atoms with Crippen LogP contribution in [0.2, 0.25) is 4.34 Å². The minimum atomic E-state index is -0.612. The third-order valence-electron chi connectivity index (χ3n) is 4.38. The Morgan fingerprint density at radius 2 is 1.90 bits per heavy atom. The zero-order chi connectivity index (χ0) is 22.0. The fourth-order valence-electron chi connectivity index (χ4n) is 2.94. The minimum Gasteiger partial charge on any atom is -0.273 e. The number of carbonyl (C=O) groups excluding carboxylic acids is 2. The summed E-state index contributed by atoms with van der Waals surface area (Å²) in [7, 11) is 0. The van der Waals surface area contributed by atoms with Gasteiger partial charge in [0.15, 0.2) is 5.69 Å². The average Bonchev–Trinajstić information content (AvgIpc) is 3.41. The van der Waals surface area contributed by atoms with Crippen molar-refractivity contribution in [1.29, 1.82) is 0 Å². The first-order valence-corrected chi connectivity index (χ1v) is 11.3. The topological polar surface area (TPSA) is 106 Å². The number of carbonyl (C=O) groups is 2. The van der Waals surface area contributed by atoms with Crippen molar-refractivity contribution in [2.45, 2.75) is 19.9 Å². The molecule has 31 heavy (non-hydrogen) atoms. The van der Waals surface area contributed by atoms with Crippen LogP contribution in [0.25, 0.3) is 20.7 Å². The van der Waals surface area contributed by atoms with Gasteiger partial charge in [-0.05, 0) is 25.1 Å². The minimum absolute atomic E-state index is 0.00147. The van der Waals surface area contributed by atoms with Gasteiger partial charge in [-0.2, -0.15) is 5.10 Å². The Balaban J connectivity index is 1.45. The number of aromatic nitrogens is 3. The SMILES string of the molecule is CCn1nc(C(=O)NNC(=O)Cc2csc(-c3ccc(Cl)s3)n2)c2ccccc2c1=O. The number of hydrogen-bond donors (Lipinski definition) is 2. The van der Waals surface area contributed by atoms with Crippen molar-refractivity contribution in [3.05, 3.63) is 67.9 Å². The van der Waals surface area contributed by atoms with Crippen molar-refractivity contribution in [2.75, 3.05) is 0 Å². The molecule has 11 heteroatoms. The molecule has 0 aliphatic rings. The Morgan fingerprint density at radius 1 is 1.13 bits per heavy atom. The number of rotatable bonds is 5. The lowest BCUT2D eigenvalue weighted by Gasteiger charge is -2.10. The van der Waals surface area contributed by atoms with Crippen LogP contribution in [0.1, 0.15) is 23.1 Å². The second-order valence-electron chi connectivity index (χ2n) is 6.44. The molecule has 0 unspecified atom stereocenters. The van der Waals surface area contributed by atoms with Crippen LogP contribution in [0.4, 0.5) is 0 Å². The highest BCUT2D eigenvalue weighted by atomic mass is 35.5. The van der Waals surface area contributed by atoms with E-state index in [1.165, 1.54) is 27.4 Å². The lowest BCUT2D eigenvalue weighted by atomic mass is 10.1. The van der Waals surface area contributed by atoms with E-state index in [4.69, 9.17) is 11.6 Å². The van der Waals surface area contributed by atoms with E-state index >= 15 is 0 Å². The number of nitrogens with one attached hydrogen (secondary N) is 2. The van der Waals surface area contributed by atoms with Gasteiger partial charge in [-0.1, -0.05) is 29.8 Å². The Labute approximate surface area is 189 Å². The smallest absolute Gasteiger partial charge is 0.273 e. The summed E-state index contributed by atoms with van der Waals surface area (Å²) in [5.41, 5.74) is 5.12. The van der Waals surface area contributed by atoms with Crippen LogP contribution in [0.5, 0.6) is 0 Å². The molecule has 0 saturated heterocycles. The first-order chi connectivity index (χ1) is 15.0. The Morgan fingerprint density at radius 3 is 2.61 bits per heavy atom. The van der Waals surface area contributed by atoms with Crippen LogP contribution < -0.4 is 16.4 Å². The van der Waals surface area contributed by atoms with Gasteiger partial charge in [-0.25, -0.2) is 9.67 Å². The van der Waals surface area contributed by atoms with E-state index in [9.17, 15) is 14.4 Å². The van der Waals surface area contributed by atoms with Crippen LogP contribution in [0, 0.1) is 0 Å². The number of fused-ring (bicyclic) bond motifs is 1. The molecule has 3 aromatic heterocycles. The van der Waals surface area contributed by atoms with E-state index in [-0.39, 0.29) is 17.7 Å². The summed E-state index contributed by atoms with van der Waals surface area (Å²) in [4.78, 5) is 42.7. The summed E-state index contributed by atoms with van der Waals surface area (Å²) in [5.74, 6) is -1.04. The van der Waals surface area contributed by atoms with Crippen molar-refractivity contribution < 1.29 is 9.59 Å². The van der Waals surface area contributed by atoms with Crippen molar-refractivity contribution in [3.63, 3.8) is 0 Å². The van der Waals surface area contributed by atoms with Gasteiger partial charge < -0.3 is 0 Å². The summed E-state index contributed by atoms with van der Waals surface area (Å²) in [6.07, 6.45) is -0.00147. The molecule has 0 atom stereocenters. The maximum Gasteiger partial charge on any atom is 0.290 e. The molecular formula is C20H16ClN5O3S2. The number of halogens is 1. The number of nitrogens with zero attached hydrogens (tertiary/aromatic N) is 3. The number of amides is 2. The molecule has 0 radical (unpaired) electrons. The Hall–Kier alpha value is -3.08. The van der Waals surface area contributed by atoms with Crippen LogP contribution in [-0.4, -0.2) is 26.6 Å². The standard InChI is InChI=1S/C20H16ClN5O3S2/c1-2-26-20(29)13-6-4-3-5-12(13)17(25-26)18(28)24-23-16(27)9-11-10-30-19(22-11)14-7-8-15(21)31-14/h3-8,10H,2,9H2,1H3,(H,23,27)(H,24,28). The first-order valence-electron chi connectivity index (χ1n) is 9.25. The van der Waals surface area contributed by atoms with E-state index in [1.807, 2.05) is 6.07 Å². The van der Waals surface area contributed by atoms with Crippen molar-refractivity contribution >= 4 is 56.9 Å². The number of hydrogen-bond acceptors (Lipinski definition) is 7. The molecule has 0 bridgehead atoms. The van der Waals surface area contributed by atoms with Crippen LogP contribution in [0.3, 0.4) is 0 Å². The van der Waals surface area contributed by atoms with Crippen LogP contribution >= 0.6 is 34.3 Å². The van der Waals surface area contributed by atoms with E-state index in [0.29, 0.717) is 27.3 Å². The predicted molar refractivity (Wildman–Crippen MR) is 121 cm³/mol. The molecule has 0 aliphatic heterocycles. The van der Waals surface area contributed by atoms with E-state index in [2.05, 4.69) is 20.9 Å². The molecule has 0 saturated carbocycles. The maximum absolute atomic E-state index is 12.7. The molecule has 0 fully saturated rings. The third kappa shape index (κ3) is 4.50. The molecule has 2 amide bonds. The van der Waals surface area contributed by atoms with Gasteiger partial charge in [-0.15, -0.1) is 22.7 Å². The van der Waals surface area contributed by atoms with Gasteiger partial charge in [0.2, 0.25) is 5.91 Å². The summed E-state index contributed by atoms with van der Waals surface area (Å²) < 4.78 is 1.88. The molecule has 8 nitrogen and oxygen atoms in total. The second-order valence-corrected chi connectivity index (χ2v) is 9.02. The molecular weight excluding hydrogens is 458 g/mol. The number of aryl methyl sites for hydroxylation is 1. The highest BCUT2D eigenvalue weighted by molar-refractivity contribution is 7.23. The molecule has 2 N–H and O–H groups in total. The second kappa shape index (κ2) is 8.96. The highest BCUT2D eigenvalue weighted by Crippen LogP contribution is 2.32. The quantitative estimate of drug-likeness (QED) is 0.433. The Kier molecular flexibility index (Phi) is 6.12. The van der Waals surface area contributed by atoms with E-state index in [1.54, 1.807) is 42.6 Å². The summed E-state index contributed by atoms with van der Waals surface area (Å²) in [5, 5.41) is 7.51. The lowest BCUT2D eigenvalue weighted by Crippen LogP contribution is -2.43. The summed E-state index contributed by atoms with van der Waals surface area (Å²) in [6, 6.07) is 10.4. The van der Waals surface area contributed by atoms with E-state index in [0.717, 1.165) is 9.88 Å². The summed E-state index contributed by atoms with van der Waals surface area (Å²) >= 11 is 8.79.